The summed E-state index contributed by atoms with van der Waals surface area (Å²) in [7, 11) is 1.85. The summed E-state index contributed by atoms with van der Waals surface area (Å²) < 4.78 is 19.2. The van der Waals surface area contributed by atoms with Crippen LogP contribution in [0.4, 0.5) is 0 Å². The Hall–Kier alpha value is -2.89. The van der Waals surface area contributed by atoms with Gasteiger partial charge in [0.1, 0.15) is 33.2 Å². The normalized spacial score (nSPS) is 10.5. The number of halogens is 2. The predicted octanol–water partition coefficient (Wildman–Crippen LogP) is 7.39. The van der Waals surface area contributed by atoms with Crippen molar-refractivity contribution in [2.75, 3.05) is 0 Å². The van der Waals surface area contributed by atoms with Crippen LogP contribution >= 0.6 is 23.2 Å². The van der Waals surface area contributed by atoms with Crippen LogP contribution in [0.25, 0.3) is 5.57 Å². The summed E-state index contributed by atoms with van der Waals surface area (Å²) in [5, 5.41) is 4.41. The van der Waals surface area contributed by atoms with Gasteiger partial charge in [-0.3, -0.25) is 0 Å². The van der Waals surface area contributed by atoms with Gasteiger partial charge in [0, 0.05) is 7.05 Å². The molecule has 3 rings (SSSR count). The van der Waals surface area contributed by atoms with Gasteiger partial charge in [-0.15, -0.1) is 0 Å². The van der Waals surface area contributed by atoms with Gasteiger partial charge in [-0.2, -0.15) is 5.10 Å². The first kappa shape index (κ1) is 21.8. The number of aryl methyl sites for hydroxylation is 2. The molecule has 0 aliphatic carbocycles. The third-order valence-electron chi connectivity index (χ3n) is 4.23. The van der Waals surface area contributed by atoms with Gasteiger partial charge >= 0.3 is 0 Å². The lowest BCUT2D eigenvalue weighted by Gasteiger charge is -2.11. The fourth-order valence-corrected chi connectivity index (χ4v) is 2.94. The zero-order valence-corrected chi connectivity index (χ0v) is 18.7. The third kappa shape index (κ3) is 5.17. The van der Waals surface area contributed by atoms with Crippen molar-refractivity contribution in [1.29, 1.82) is 0 Å². The van der Waals surface area contributed by atoms with E-state index >= 15 is 0 Å². The maximum atomic E-state index is 6.04. The molecule has 0 N–H and O–H groups in total. The summed E-state index contributed by atoms with van der Waals surface area (Å²) in [6, 6.07) is 14.5. The number of allylic oxidation sites excluding steroid dienone is 2. The van der Waals surface area contributed by atoms with Crippen molar-refractivity contribution in [3.63, 3.8) is 0 Å². The van der Waals surface area contributed by atoms with E-state index < -0.39 is 0 Å². The zero-order valence-electron chi connectivity index (χ0n) is 17.2. The average Bonchev–Trinajstić information content (AvgIpc) is 2.98. The molecule has 0 amide bonds. The monoisotopic (exact) mass is 444 g/mol. The molecule has 1 heterocycles. The summed E-state index contributed by atoms with van der Waals surface area (Å²) in [6.45, 7) is 9.58. The van der Waals surface area contributed by atoms with Gasteiger partial charge < -0.3 is 14.2 Å². The molecule has 1 aromatic heterocycles. The standard InChI is InChI=1S/C23H22Cl2N2O3/c1-14(2)21-15(3)26-27(5)23(21)30-20-12-10-19(11-13-20)29-18-8-6-17(7-9-18)28-16(4)22(24)25/h6-13H,1H2,2-5H3. The summed E-state index contributed by atoms with van der Waals surface area (Å²) in [5.74, 6) is 3.73. The second-order valence-corrected chi connectivity index (χ2v) is 7.68. The summed E-state index contributed by atoms with van der Waals surface area (Å²) in [6.07, 6.45) is 0. The molecule has 30 heavy (non-hydrogen) atoms. The molecular formula is C23H22Cl2N2O3. The minimum absolute atomic E-state index is 0.0919. The molecule has 7 heteroatoms. The minimum atomic E-state index is 0.0919. The van der Waals surface area contributed by atoms with Crippen molar-refractivity contribution < 1.29 is 14.2 Å². The van der Waals surface area contributed by atoms with Crippen LogP contribution in [0.15, 0.2) is 65.4 Å². The van der Waals surface area contributed by atoms with Crippen LogP contribution in [0.5, 0.6) is 28.9 Å². The van der Waals surface area contributed by atoms with Crippen LogP contribution in [0.2, 0.25) is 0 Å². The van der Waals surface area contributed by atoms with Crippen LogP contribution in [0, 0.1) is 6.92 Å². The topological polar surface area (TPSA) is 45.5 Å². The van der Waals surface area contributed by atoms with E-state index in [1.54, 1.807) is 35.9 Å². The number of ether oxygens (including phenoxy) is 3. The van der Waals surface area contributed by atoms with Gasteiger partial charge in [0.2, 0.25) is 5.88 Å². The van der Waals surface area contributed by atoms with E-state index in [1.165, 1.54) is 0 Å². The zero-order chi connectivity index (χ0) is 21.8. The summed E-state index contributed by atoms with van der Waals surface area (Å²) in [5.41, 5.74) is 2.70. The Labute approximate surface area is 186 Å². The Morgan fingerprint density at radius 2 is 1.33 bits per heavy atom. The van der Waals surface area contributed by atoms with Crippen molar-refractivity contribution in [2.45, 2.75) is 20.8 Å². The number of rotatable bonds is 7. The quantitative estimate of drug-likeness (QED) is 0.356. The van der Waals surface area contributed by atoms with Gasteiger partial charge in [0.25, 0.3) is 0 Å². The van der Waals surface area contributed by atoms with E-state index in [0.717, 1.165) is 16.8 Å². The second kappa shape index (κ2) is 9.28. The van der Waals surface area contributed by atoms with E-state index in [0.29, 0.717) is 34.6 Å². The maximum Gasteiger partial charge on any atom is 0.225 e. The van der Waals surface area contributed by atoms with E-state index in [2.05, 4.69) is 11.7 Å². The smallest absolute Gasteiger partial charge is 0.225 e. The SMILES string of the molecule is C=C(C)c1c(C)nn(C)c1Oc1ccc(Oc2ccc(OC(C)=C(Cl)Cl)cc2)cc1. The van der Waals surface area contributed by atoms with Crippen molar-refractivity contribution in [3.05, 3.63) is 76.6 Å². The van der Waals surface area contributed by atoms with Crippen molar-refractivity contribution >= 4 is 28.8 Å². The van der Waals surface area contributed by atoms with Crippen molar-refractivity contribution in [1.82, 2.24) is 9.78 Å². The lowest BCUT2D eigenvalue weighted by atomic mass is 10.1. The molecule has 0 radical (unpaired) electrons. The molecular weight excluding hydrogens is 423 g/mol. The van der Waals surface area contributed by atoms with Gasteiger partial charge in [0.05, 0.1) is 11.3 Å². The highest BCUT2D eigenvalue weighted by Gasteiger charge is 2.16. The first-order chi connectivity index (χ1) is 14.2. The highest BCUT2D eigenvalue weighted by atomic mass is 35.5. The van der Waals surface area contributed by atoms with Crippen LogP contribution in [0.3, 0.4) is 0 Å². The lowest BCUT2D eigenvalue weighted by molar-refractivity contribution is 0.424. The molecule has 3 aromatic rings. The Kier molecular flexibility index (Phi) is 6.75. The average molecular weight is 445 g/mol. The Balaban J connectivity index is 1.68. The number of aromatic nitrogens is 2. The Morgan fingerprint density at radius 3 is 1.80 bits per heavy atom. The van der Waals surface area contributed by atoms with E-state index in [-0.39, 0.29) is 4.49 Å². The van der Waals surface area contributed by atoms with Gasteiger partial charge in [-0.1, -0.05) is 29.8 Å². The van der Waals surface area contributed by atoms with E-state index in [9.17, 15) is 0 Å². The molecule has 0 saturated carbocycles. The molecule has 2 aromatic carbocycles. The first-order valence-corrected chi connectivity index (χ1v) is 9.95. The fraction of sp³-hybridized carbons (Fsp3) is 0.174. The molecule has 0 unspecified atom stereocenters. The van der Waals surface area contributed by atoms with Crippen LogP contribution in [-0.4, -0.2) is 9.78 Å². The number of hydrogen-bond acceptors (Lipinski definition) is 4. The van der Waals surface area contributed by atoms with Gasteiger partial charge in [-0.05, 0) is 74.9 Å². The first-order valence-electron chi connectivity index (χ1n) is 9.19. The van der Waals surface area contributed by atoms with Gasteiger partial charge in [-0.25, -0.2) is 4.68 Å². The molecule has 0 bridgehead atoms. The third-order valence-corrected chi connectivity index (χ3v) is 4.76. The molecule has 0 atom stereocenters. The van der Waals surface area contributed by atoms with Crippen LogP contribution in [-0.2, 0) is 7.05 Å². The van der Waals surface area contributed by atoms with Crippen LogP contribution < -0.4 is 14.2 Å². The Morgan fingerprint density at radius 1 is 0.867 bits per heavy atom. The number of hydrogen-bond donors (Lipinski definition) is 0. The molecule has 156 valence electrons. The van der Waals surface area contributed by atoms with Crippen molar-refractivity contribution in [2.24, 2.45) is 7.05 Å². The minimum Gasteiger partial charge on any atom is -0.460 e. The largest absolute Gasteiger partial charge is 0.460 e. The van der Waals surface area contributed by atoms with Crippen molar-refractivity contribution in [3.8, 4) is 28.9 Å². The van der Waals surface area contributed by atoms with Crippen LogP contribution in [0.1, 0.15) is 25.1 Å². The number of benzene rings is 2. The predicted molar refractivity (Wildman–Crippen MR) is 121 cm³/mol. The van der Waals surface area contributed by atoms with E-state index in [4.69, 9.17) is 37.4 Å². The van der Waals surface area contributed by atoms with Gasteiger partial charge in [0.15, 0.2) is 0 Å². The highest BCUT2D eigenvalue weighted by molar-refractivity contribution is 6.56. The summed E-state index contributed by atoms with van der Waals surface area (Å²) >= 11 is 11.4. The fourth-order valence-electron chi connectivity index (χ4n) is 2.86. The molecule has 0 spiro atoms. The summed E-state index contributed by atoms with van der Waals surface area (Å²) in [4.78, 5) is 0. The molecule has 0 aliphatic heterocycles. The highest BCUT2D eigenvalue weighted by Crippen LogP contribution is 2.33. The molecule has 0 fully saturated rings. The van der Waals surface area contributed by atoms with E-state index in [1.807, 2.05) is 45.2 Å². The maximum absolute atomic E-state index is 6.04. The molecule has 0 saturated heterocycles. The molecule has 0 aliphatic rings. The Bertz CT molecular complexity index is 1080. The molecule has 5 nitrogen and oxygen atoms in total. The lowest BCUT2D eigenvalue weighted by Crippen LogP contribution is -1.96. The second-order valence-electron chi connectivity index (χ2n) is 6.74. The number of nitrogens with zero attached hydrogens (tertiary/aromatic N) is 2.